The lowest BCUT2D eigenvalue weighted by molar-refractivity contribution is -0.147. The third-order valence-corrected chi connectivity index (χ3v) is 2.30. The zero-order valence-corrected chi connectivity index (χ0v) is 8.42. The van der Waals surface area contributed by atoms with Gasteiger partial charge in [0.2, 0.25) is 11.8 Å². The highest BCUT2D eigenvalue weighted by Crippen LogP contribution is 2.14. The highest BCUT2D eigenvalue weighted by molar-refractivity contribution is 5.94. The second kappa shape index (κ2) is 4.39. The van der Waals surface area contributed by atoms with E-state index in [2.05, 4.69) is 5.32 Å². The minimum atomic E-state index is -0.609. The Hall–Kier alpha value is -1.13. The molecule has 0 spiro atoms. The van der Waals surface area contributed by atoms with Crippen molar-refractivity contribution in [2.45, 2.75) is 19.9 Å². The Morgan fingerprint density at radius 1 is 1.57 bits per heavy atom. The van der Waals surface area contributed by atoms with Crippen molar-refractivity contribution in [3.63, 3.8) is 0 Å². The first-order valence-electron chi connectivity index (χ1n) is 4.71. The fraction of sp³-hybridized carbons (Fsp3) is 0.778. The van der Waals surface area contributed by atoms with Gasteiger partial charge in [0, 0.05) is 6.54 Å². The van der Waals surface area contributed by atoms with Crippen molar-refractivity contribution in [1.82, 2.24) is 10.2 Å². The molecule has 5 heteroatoms. The normalized spacial score (nSPS) is 22.9. The first kappa shape index (κ1) is 10.9. The lowest BCUT2D eigenvalue weighted by Crippen LogP contribution is -2.60. The quantitative estimate of drug-likeness (QED) is 0.697. The van der Waals surface area contributed by atoms with Gasteiger partial charge in [0.15, 0.2) is 0 Å². The molecule has 0 aliphatic carbocycles. The van der Waals surface area contributed by atoms with Crippen molar-refractivity contribution >= 4 is 11.8 Å². The number of alkyl halides is 1. The van der Waals surface area contributed by atoms with Crippen LogP contribution in [0.15, 0.2) is 0 Å². The summed E-state index contributed by atoms with van der Waals surface area (Å²) >= 11 is 0. The van der Waals surface area contributed by atoms with E-state index in [-0.39, 0.29) is 30.8 Å². The number of carbonyl (C=O) groups excluding carboxylic acids is 2. The third kappa shape index (κ3) is 2.02. The SMILES string of the molecule is CC(C)C1C(=O)NCC(=O)N1CCF. The molecular formula is C9H15FN2O2. The van der Waals surface area contributed by atoms with Gasteiger partial charge in [-0.1, -0.05) is 13.8 Å². The Kier molecular flexibility index (Phi) is 3.43. The summed E-state index contributed by atoms with van der Waals surface area (Å²) in [6.45, 7) is 3.07. The lowest BCUT2D eigenvalue weighted by atomic mass is 9.99. The molecule has 1 N–H and O–H groups in total. The minimum absolute atomic E-state index is 0.00537. The average molecular weight is 202 g/mol. The topological polar surface area (TPSA) is 49.4 Å². The van der Waals surface area contributed by atoms with Crippen molar-refractivity contribution < 1.29 is 14.0 Å². The van der Waals surface area contributed by atoms with Crippen LogP contribution in [0.4, 0.5) is 4.39 Å². The summed E-state index contributed by atoms with van der Waals surface area (Å²) in [6, 6.07) is -0.521. The van der Waals surface area contributed by atoms with Crippen molar-refractivity contribution in [3.05, 3.63) is 0 Å². The summed E-state index contributed by atoms with van der Waals surface area (Å²) in [6.07, 6.45) is 0. The maximum atomic E-state index is 12.2. The second-order valence-electron chi connectivity index (χ2n) is 3.68. The van der Waals surface area contributed by atoms with Gasteiger partial charge in [-0.25, -0.2) is 4.39 Å². The van der Waals surface area contributed by atoms with Gasteiger partial charge < -0.3 is 10.2 Å². The molecule has 14 heavy (non-hydrogen) atoms. The van der Waals surface area contributed by atoms with E-state index < -0.39 is 12.7 Å². The maximum Gasteiger partial charge on any atom is 0.243 e. The predicted octanol–water partition coefficient (Wildman–Crippen LogP) is -0.0611. The van der Waals surface area contributed by atoms with E-state index in [1.54, 1.807) is 0 Å². The summed E-state index contributed by atoms with van der Waals surface area (Å²) < 4.78 is 12.2. The van der Waals surface area contributed by atoms with Crippen LogP contribution in [-0.2, 0) is 9.59 Å². The van der Waals surface area contributed by atoms with Crippen LogP contribution in [0, 0.1) is 5.92 Å². The van der Waals surface area contributed by atoms with Crippen molar-refractivity contribution in [3.8, 4) is 0 Å². The molecule has 0 aromatic carbocycles. The van der Waals surface area contributed by atoms with E-state index >= 15 is 0 Å². The number of rotatable bonds is 3. The Bertz CT molecular complexity index is 243. The summed E-state index contributed by atoms with van der Waals surface area (Å²) in [5, 5.41) is 2.50. The van der Waals surface area contributed by atoms with E-state index in [1.165, 1.54) is 4.90 Å². The van der Waals surface area contributed by atoms with Crippen molar-refractivity contribution in [2.24, 2.45) is 5.92 Å². The van der Waals surface area contributed by atoms with E-state index in [9.17, 15) is 14.0 Å². The highest BCUT2D eigenvalue weighted by Gasteiger charge is 2.35. The zero-order valence-electron chi connectivity index (χ0n) is 8.42. The van der Waals surface area contributed by atoms with Crippen LogP contribution in [0.2, 0.25) is 0 Å². The molecule has 4 nitrogen and oxygen atoms in total. The van der Waals surface area contributed by atoms with Crippen LogP contribution >= 0.6 is 0 Å². The maximum absolute atomic E-state index is 12.2. The molecule has 0 bridgehead atoms. The first-order chi connectivity index (χ1) is 6.57. The lowest BCUT2D eigenvalue weighted by Gasteiger charge is -2.36. The summed E-state index contributed by atoms with van der Waals surface area (Å²) in [5.74, 6) is -0.389. The molecule has 1 atom stereocenters. The first-order valence-corrected chi connectivity index (χ1v) is 4.71. The van der Waals surface area contributed by atoms with Gasteiger partial charge in [0.25, 0.3) is 0 Å². The van der Waals surface area contributed by atoms with Crippen LogP contribution in [0.5, 0.6) is 0 Å². The van der Waals surface area contributed by atoms with Crippen LogP contribution in [0.3, 0.4) is 0 Å². The monoisotopic (exact) mass is 202 g/mol. The van der Waals surface area contributed by atoms with Gasteiger partial charge in [-0.3, -0.25) is 9.59 Å². The smallest absolute Gasteiger partial charge is 0.243 e. The third-order valence-electron chi connectivity index (χ3n) is 2.30. The molecule has 1 saturated heterocycles. The highest BCUT2D eigenvalue weighted by atomic mass is 19.1. The van der Waals surface area contributed by atoms with Crippen LogP contribution in [0.25, 0.3) is 0 Å². The van der Waals surface area contributed by atoms with Crippen LogP contribution in [-0.4, -0.2) is 42.5 Å². The summed E-state index contributed by atoms with van der Waals surface area (Å²) in [5.41, 5.74) is 0. The Labute approximate surface area is 82.5 Å². The molecule has 0 aromatic rings. The molecule has 0 radical (unpaired) electrons. The molecule has 80 valence electrons. The largest absolute Gasteiger partial charge is 0.345 e. The van der Waals surface area contributed by atoms with Gasteiger partial charge >= 0.3 is 0 Å². The molecule has 2 amide bonds. The zero-order chi connectivity index (χ0) is 10.7. The number of halogens is 1. The molecule has 1 aliphatic rings. The average Bonchev–Trinajstić information content (AvgIpc) is 2.11. The number of nitrogens with zero attached hydrogens (tertiary/aromatic N) is 1. The van der Waals surface area contributed by atoms with Crippen molar-refractivity contribution in [1.29, 1.82) is 0 Å². The van der Waals surface area contributed by atoms with E-state index in [1.807, 2.05) is 13.8 Å². The van der Waals surface area contributed by atoms with E-state index in [0.29, 0.717) is 0 Å². The molecule has 0 saturated carbocycles. The number of carbonyl (C=O) groups is 2. The number of piperazine rings is 1. The Morgan fingerprint density at radius 3 is 2.71 bits per heavy atom. The number of amides is 2. The van der Waals surface area contributed by atoms with Gasteiger partial charge in [0.1, 0.15) is 12.7 Å². The van der Waals surface area contributed by atoms with E-state index in [4.69, 9.17) is 0 Å². The van der Waals surface area contributed by atoms with E-state index in [0.717, 1.165) is 0 Å². The Balaban J connectivity index is 2.80. The predicted molar refractivity (Wildman–Crippen MR) is 49.3 cm³/mol. The Morgan fingerprint density at radius 2 is 2.21 bits per heavy atom. The number of hydrogen-bond donors (Lipinski definition) is 1. The number of nitrogens with one attached hydrogen (secondary N) is 1. The van der Waals surface area contributed by atoms with Crippen molar-refractivity contribution in [2.75, 3.05) is 19.8 Å². The molecule has 1 fully saturated rings. The molecule has 1 aliphatic heterocycles. The molecule has 1 rings (SSSR count). The minimum Gasteiger partial charge on any atom is -0.345 e. The summed E-state index contributed by atoms with van der Waals surface area (Å²) in [4.78, 5) is 24.2. The molecule has 0 aromatic heterocycles. The van der Waals surface area contributed by atoms with Gasteiger partial charge in [-0.05, 0) is 5.92 Å². The summed E-state index contributed by atoms with van der Waals surface area (Å²) in [7, 11) is 0. The van der Waals surface area contributed by atoms with Gasteiger partial charge in [0.05, 0.1) is 6.54 Å². The van der Waals surface area contributed by atoms with Crippen LogP contribution in [0.1, 0.15) is 13.8 Å². The second-order valence-corrected chi connectivity index (χ2v) is 3.68. The molecular weight excluding hydrogens is 187 g/mol. The fourth-order valence-corrected chi connectivity index (χ4v) is 1.68. The standard InChI is InChI=1S/C9H15FN2O2/c1-6(2)8-9(14)11-5-7(13)12(8)4-3-10/h6,8H,3-5H2,1-2H3,(H,11,14). The van der Waals surface area contributed by atoms with Gasteiger partial charge in [-0.15, -0.1) is 0 Å². The fourth-order valence-electron chi connectivity index (χ4n) is 1.68. The molecule has 1 heterocycles. The van der Waals surface area contributed by atoms with Crippen LogP contribution < -0.4 is 5.32 Å². The number of hydrogen-bond acceptors (Lipinski definition) is 2. The van der Waals surface area contributed by atoms with Gasteiger partial charge in [-0.2, -0.15) is 0 Å². The molecule has 1 unspecified atom stereocenters.